The molecule has 6 nitrogen and oxygen atoms in total. The van der Waals surface area contributed by atoms with E-state index in [2.05, 4.69) is 34.1 Å². The van der Waals surface area contributed by atoms with Gasteiger partial charge in [0.2, 0.25) is 0 Å². The van der Waals surface area contributed by atoms with Gasteiger partial charge in [0.1, 0.15) is 0 Å². The summed E-state index contributed by atoms with van der Waals surface area (Å²) in [6.07, 6.45) is 3.38. The Balaban J connectivity index is 2.60. The summed E-state index contributed by atoms with van der Waals surface area (Å²) in [5.41, 5.74) is 0.647. The summed E-state index contributed by atoms with van der Waals surface area (Å²) in [4.78, 5) is 0. The Labute approximate surface area is 109 Å². The number of hydrogen-bond acceptors (Lipinski definition) is 4. The predicted molar refractivity (Wildman–Crippen MR) is 70.6 cm³/mol. The second-order valence-corrected chi connectivity index (χ2v) is 6.39. The van der Waals surface area contributed by atoms with E-state index in [4.69, 9.17) is 0 Å². The first-order valence-electron chi connectivity index (χ1n) is 6.14. The highest BCUT2D eigenvalue weighted by molar-refractivity contribution is 7.89. The molecule has 104 valence electrons. The van der Waals surface area contributed by atoms with Gasteiger partial charge in [-0.1, -0.05) is 13.8 Å². The second kappa shape index (κ2) is 6.86. The lowest BCUT2D eigenvalue weighted by atomic mass is 10.1. The van der Waals surface area contributed by atoms with E-state index in [0.29, 0.717) is 24.6 Å². The van der Waals surface area contributed by atoms with Crippen LogP contribution >= 0.6 is 0 Å². The molecule has 3 N–H and O–H groups in total. The fraction of sp³-hybridized carbons (Fsp3) is 0.727. The Bertz CT molecular complexity index is 453. The van der Waals surface area contributed by atoms with Crippen molar-refractivity contribution in [2.75, 3.05) is 13.6 Å². The van der Waals surface area contributed by atoms with E-state index in [1.807, 2.05) is 0 Å². The number of nitrogens with one attached hydrogen (secondary N) is 3. The summed E-state index contributed by atoms with van der Waals surface area (Å²) in [7, 11) is -1.71. The molecule has 0 aromatic carbocycles. The molecule has 0 fully saturated rings. The third-order valence-electron chi connectivity index (χ3n) is 2.56. The van der Waals surface area contributed by atoms with Crippen molar-refractivity contribution < 1.29 is 8.42 Å². The Morgan fingerprint density at radius 1 is 1.44 bits per heavy atom. The molecular formula is C11H22N4O2S. The van der Waals surface area contributed by atoms with Gasteiger partial charge in [-0.05, 0) is 25.8 Å². The number of aromatic amines is 1. The van der Waals surface area contributed by atoms with Gasteiger partial charge >= 0.3 is 0 Å². The average Bonchev–Trinajstić information content (AvgIpc) is 2.74. The van der Waals surface area contributed by atoms with E-state index >= 15 is 0 Å². The zero-order valence-corrected chi connectivity index (χ0v) is 12.0. The lowest BCUT2D eigenvalue weighted by Gasteiger charge is -2.08. The van der Waals surface area contributed by atoms with Crippen LogP contribution in [0.25, 0.3) is 0 Å². The number of nitrogens with zero attached hydrogens (tertiary/aromatic N) is 1. The molecule has 0 aliphatic heterocycles. The fourth-order valence-corrected chi connectivity index (χ4v) is 2.84. The largest absolute Gasteiger partial charge is 0.316 e. The van der Waals surface area contributed by atoms with Crippen LogP contribution in [0, 0.1) is 5.92 Å². The van der Waals surface area contributed by atoms with Gasteiger partial charge in [0.05, 0.1) is 6.20 Å². The van der Waals surface area contributed by atoms with Crippen LogP contribution in [0.1, 0.15) is 32.3 Å². The molecule has 0 spiro atoms. The number of sulfonamides is 1. The van der Waals surface area contributed by atoms with Gasteiger partial charge in [0.15, 0.2) is 5.03 Å². The SMILES string of the molecule is CNCc1cn[nH]c1S(=O)(=O)NCCCC(C)C. The first-order valence-corrected chi connectivity index (χ1v) is 7.62. The second-order valence-electron chi connectivity index (χ2n) is 4.69. The Hall–Kier alpha value is -0.920. The van der Waals surface area contributed by atoms with Gasteiger partial charge in [-0.25, -0.2) is 13.1 Å². The third kappa shape index (κ3) is 4.40. The van der Waals surface area contributed by atoms with Crippen LogP contribution in [0.3, 0.4) is 0 Å². The van der Waals surface area contributed by atoms with Crippen LogP contribution in [0.4, 0.5) is 0 Å². The summed E-state index contributed by atoms with van der Waals surface area (Å²) in [5.74, 6) is 0.585. The molecule has 1 aromatic heterocycles. The number of H-pyrrole nitrogens is 1. The highest BCUT2D eigenvalue weighted by atomic mass is 32.2. The Morgan fingerprint density at radius 2 is 2.17 bits per heavy atom. The van der Waals surface area contributed by atoms with E-state index in [1.165, 1.54) is 6.20 Å². The minimum Gasteiger partial charge on any atom is -0.316 e. The molecule has 0 aliphatic carbocycles. The predicted octanol–water partition coefficient (Wildman–Crippen LogP) is 0.844. The van der Waals surface area contributed by atoms with E-state index < -0.39 is 10.0 Å². The molecule has 18 heavy (non-hydrogen) atoms. The minimum absolute atomic E-state index is 0.154. The lowest BCUT2D eigenvalue weighted by Crippen LogP contribution is -2.26. The van der Waals surface area contributed by atoms with Crippen LogP contribution in [0.15, 0.2) is 11.2 Å². The summed E-state index contributed by atoms with van der Waals surface area (Å²) >= 11 is 0. The summed E-state index contributed by atoms with van der Waals surface area (Å²) in [5, 5.41) is 9.39. The standard InChI is InChI=1S/C11H22N4O2S/c1-9(2)5-4-6-14-18(16,17)11-10(7-12-3)8-13-15-11/h8-9,12,14H,4-7H2,1-3H3,(H,13,15). The molecule has 0 atom stereocenters. The highest BCUT2D eigenvalue weighted by Crippen LogP contribution is 2.11. The maximum absolute atomic E-state index is 12.0. The van der Waals surface area contributed by atoms with Crippen molar-refractivity contribution in [1.29, 1.82) is 0 Å². The van der Waals surface area contributed by atoms with Crippen LogP contribution in [-0.2, 0) is 16.6 Å². The zero-order valence-electron chi connectivity index (χ0n) is 11.2. The average molecular weight is 274 g/mol. The van der Waals surface area contributed by atoms with Crippen molar-refractivity contribution in [1.82, 2.24) is 20.2 Å². The first-order chi connectivity index (χ1) is 8.47. The third-order valence-corrected chi connectivity index (χ3v) is 4.04. The van der Waals surface area contributed by atoms with Crippen LogP contribution in [-0.4, -0.2) is 32.2 Å². The molecule has 1 heterocycles. The summed E-state index contributed by atoms with van der Waals surface area (Å²) in [6.45, 7) is 5.17. The minimum atomic E-state index is -3.48. The quantitative estimate of drug-likeness (QED) is 0.613. The van der Waals surface area contributed by atoms with Crippen molar-refractivity contribution >= 4 is 10.0 Å². The smallest absolute Gasteiger partial charge is 0.257 e. The normalized spacial score (nSPS) is 12.2. The van der Waals surface area contributed by atoms with Crippen molar-refractivity contribution in [3.8, 4) is 0 Å². The van der Waals surface area contributed by atoms with Crippen molar-refractivity contribution in [3.63, 3.8) is 0 Å². The maximum Gasteiger partial charge on any atom is 0.257 e. The molecule has 0 bridgehead atoms. The van der Waals surface area contributed by atoms with E-state index in [0.717, 1.165) is 12.8 Å². The van der Waals surface area contributed by atoms with Crippen LogP contribution in [0.5, 0.6) is 0 Å². The first kappa shape index (κ1) is 15.1. The van der Waals surface area contributed by atoms with E-state index in [9.17, 15) is 8.42 Å². The fourth-order valence-electron chi connectivity index (χ4n) is 1.64. The molecule has 0 amide bonds. The summed E-state index contributed by atoms with van der Waals surface area (Å²) in [6, 6.07) is 0. The molecule has 0 saturated carbocycles. The maximum atomic E-state index is 12.0. The monoisotopic (exact) mass is 274 g/mol. The van der Waals surface area contributed by atoms with Gasteiger partial charge < -0.3 is 5.32 Å². The molecule has 0 unspecified atom stereocenters. The molecule has 7 heteroatoms. The van der Waals surface area contributed by atoms with Crippen molar-refractivity contribution in [2.45, 2.75) is 38.3 Å². The van der Waals surface area contributed by atoms with E-state index in [-0.39, 0.29) is 5.03 Å². The van der Waals surface area contributed by atoms with Gasteiger partial charge in [-0.3, -0.25) is 5.10 Å². The Kier molecular flexibility index (Phi) is 5.77. The van der Waals surface area contributed by atoms with Gasteiger partial charge in [-0.15, -0.1) is 0 Å². The zero-order chi connectivity index (χ0) is 13.6. The number of aromatic nitrogens is 2. The van der Waals surface area contributed by atoms with Crippen molar-refractivity contribution in [3.05, 3.63) is 11.8 Å². The lowest BCUT2D eigenvalue weighted by molar-refractivity contribution is 0.538. The summed E-state index contributed by atoms with van der Waals surface area (Å²) < 4.78 is 26.6. The van der Waals surface area contributed by atoms with Crippen LogP contribution < -0.4 is 10.0 Å². The molecule has 0 radical (unpaired) electrons. The molecule has 1 rings (SSSR count). The topological polar surface area (TPSA) is 86.9 Å². The Morgan fingerprint density at radius 3 is 2.78 bits per heavy atom. The molecule has 0 aliphatic rings. The van der Waals surface area contributed by atoms with Gasteiger partial charge in [-0.2, -0.15) is 5.10 Å². The highest BCUT2D eigenvalue weighted by Gasteiger charge is 2.19. The molecule has 0 saturated heterocycles. The molecular weight excluding hydrogens is 252 g/mol. The van der Waals surface area contributed by atoms with E-state index in [1.54, 1.807) is 7.05 Å². The number of rotatable bonds is 8. The number of hydrogen-bond donors (Lipinski definition) is 3. The van der Waals surface area contributed by atoms with Crippen LogP contribution in [0.2, 0.25) is 0 Å². The van der Waals surface area contributed by atoms with Gasteiger partial charge in [0, 0.05) is 18.7 Å². The van der Waals surface area contributed by atoms with Crippen molar-refractivity contribution in [2.24, 2.45) is 5.92 Å². The molecule has 1 aromatic rings. The van der Waals surface area contributed by atoms with Gasteiger partial charge in [0.25, 0.3) is 10.0 Å².